The molecule has 0 fully saturated rings. The van der Waals surface area contributed by atoms with Crippen LogP contribution in [0.1, 0.15) is 21.5 Å². The number of benzene rings is 3. The summed E-state index contributed by atoms with van der Waals surface area (Å²) in [7, 11) is -3.69. The van der Waals surface area contributed by atoms with E-state index in [4.69, 9.17) is 0 Å². The van der Waals surface area contributed by atoms with Gasteiger partial charge in [-0.15, -0.1) is 0 Å². The molecule has 3 aromatic rings. The van der Waals surface area contributed by atoms with Gasteiger partial charge in [0, 0.05) is 22.3 Å². The summed E-state index contributed by atoms with van der Waals surface area (Å²) >= 11 is 3.31. The fraction of sp³-hybridized carbons (Fsp3) is 0.0455. The van der Waals surface area contributed by atoms with Crippen LogP contribution in [0, 0.1) is 5.82 Å². The van der Waals surface area contributed by atoms with Crippen molar-refractivity contribution in [1.29, 1.82) is 0 Å². The molecule has 1 amide bonds. The Bertz CT molecular complexity index is 1160. The fourth-order valence-electron chi connectivity index (χ4n) is 2.58. The average Bonchev–Trinajstić information content (AvgIpc) is 2.74. The summed E-state index contributed by atoms with van der Waals surface area (Å²) in [4.78, 5) is 12.3. The van der Waals surface area contributed by atoms with Gasteiger partial charge in [-0.3, -0.25) is 9.52 Å². The second-order valence-electron chi connectivity index (χ2n) is 6.36. The third kappa shape index (κ3) is 6.27. The van der Waals surface area contributed by atoms with Crippen LogP contribution < -0.4 is 10.0 Å². The monoisotopic (exact) mass is 488 g/mol. The number of carbonyl (C=O) groups excluding carboxylic acids is 1. The van der Waals surface area contributed by atoms with Crippen LogP contribution in [0.2, 0.25) is 0 Å². The lowest BCUT2D eigenvalue weighted by Crippen LogP contribution is -2.23. The molecule has 0 radical (unpaired) electrons. The lowest BCUT2D eigenvalue weighted by molar-refractivity contribution is 0.0951. The van der Waals surface area contributed by atoms with Crippen LogP contribution in [0.5, 0.6) is 0 Å². The lowest BCUT2D eigenvalue weighted by Gasteiger charge is -2.09. The number of nitrogens with one attached hydrogen (secondary N) is 2. The maximum Gasteiger partial charge on any atom is 0.255 e. The molecule has 5 nitrogen and oxygen atoms in total. The highest BCUT2D eigenvalue weighted by Crippen LogP contribution is 2.18. The second-order valence-corrected chi connectivity index (χ2v) is 8.78. The SMILES string of the molecule is O=C(NCc1cc(F)ccc1Br)c1ccc(NS(=O)(=O)/C=C/c2ccccc2)cc1. The zero-order valence-corrected chi connectivity index (χ0v) is 18.1. The minimum Gasteiger partial charge on any atom is -0.348 e. The largest absolute Gasteiger partial charge is 0.348 e. The normalized spacial score (nSPS) is 11.4. The molecular formula is C22H18BrFN2O3S. The van der Waals surface area contributed by atoms with Gasteiger partial charge < -0.3 is 5.32 Å². The minimum atomic E-state index is -3.69. The molecule has 154 valence electrons. The van der Waals surface area contributed by atoms with E-state index in [2.05, 4.69) is 26.0 Å². The number of sulfonamides is 1. The molecule has 0 unspecified atom stereocenters. The minimum absolute atomic E-state index is 0.149. The van der Waals surface area contributed by atoms with E-state index in [1.165, 1.54) is 42.5 Å². The standard InChI is InChI=1S/C22H18BrFN2O3S/c23-21-11-8-19(24)14-18(21)15-25-22(27)17-6-9-20(10-7-17)26-30(28,29)13-12-16-4-2-1-3-5-16/h1-14,26H,15H2,(H,25,27)/b13-12+. The topological polar surface area (TPSA) is 75.3 Å². The van der Waals surface area contributed by atoms with Crippen molar-refractivity contribution in [3.63, 3.8) is 0 Å². The number of carbonyl (C=O) groups is 1. The van der Waals surface area contributed by atoms with Crippen molar-refractivity contribution < 1.29 is 17.6 Å². The van der Waals surface area contributed by atoms with Crippen LogP contribution in [0.3, 0.4) is 0 Å². The highest BCUT2D eigenvalue weighted by molar-refractivity contribution is 9.10. The Morgan fingerprint density at radius 3 is 2.40 bits per heavy atom. The van der Waals surface area contributed by atoms with Crippen LogP contribution >= 0.6 is 15.9 Å². The zero-order chi connectivity index (χ0) is 21.6. The van der Waals surface area contributed by atoms with Crippen molar-refractivity contribution in [3.05, 3.63) is 105 Å². The van der Waals surface area contributed by atoms with Gasteiger partial charge in [-0.05, 0) is 59.7 Å². The summed E-state index contributed by atoms with van der Waals surface area (Å²) in [6.07, 6.45) is 1.49. The molecule has 0 aromatic heterocycles. The molecule has 3 rings (SSSR count). The first-order valence-electron chi connectivity index (χ1n) is 8.90. The van der Waals surface area contributed by atoms with E-state index in [9.17, 15) is 17.6 Å². The molecule has 30 heavy (non-hydrogen) atoms. The second kappa shape index (κ2) is 9.69. The highest BCUT2D eigenvalue weighted by atomic mass is 79.9. The summed E-state index contributed by atoms with van der Waals surface area (Å²) in [6.45, 7) is 0.149. The Kier molecular flexibility index (Phi) is 7.02. The molecule has 0 aliphatic rings. The van der Waals surface area contributed by atoms with Crippen molar-refractivity contribution in [2.45, 2.75) is 6.54 Å². The number of amides is 1. The van der Waals surface area contributed by atoms with Crippen molar-refractivity contribution >= 4 is 43.6 Å². The van der Waals surface area contributed by atoms with Crippen LogP contribution in [0.4, 0.5) is 10.1 Å². The first-order valence-corrected chi connectivity index (χ1v) is 11.2. The maximum atomic E-state index is 13.3. The summed E-state index contributed by atoms with van der Waals surface area (Å²) in [5.41, 5.74) is 2.06. The smallest absolute Gasteiger partial charge is 0.255 e. The molecule has 0 bridgehead atoms. The summed E-state index contributed by atoms with van der Waals surface area (Å²) in [5, 5.41) is 3.79. The summed E-state index contributed by atoms with van der Waals surface area (Å²) < 4.78 is 40.9. The maximum absolute atomic E-state index is 13.3. The van der Waals surface area contributed by atoms with E-state index >= 15 is 0 Å². The van der Waals surface area contributed by atoms with Gasteiger partial charge in [0.2, 0.25) is 0 Å². The van der Waals surface area contributed by atoms with E-state index < -0.39 is 10.0 Å². The Balaban J connectivity index is 1.60. The molecule has 0 spiro atoms. The number of rotatable bonds is 7. The molecule has 0 saturated heterocycles. The fourth-order valence-corrected chi connectivity index (χ4v) is 3.83. The molecule has 2 N–H and O–H groups in total. The van der Waals surface area contributed by atoms with Gasteiger partial charge in [-0.25, -0.2) is 12.8 Å². The van der Waals surface area contributed by atoms with Gasteiger partial charge >= 0.3 is 0 Å². The van der Waals surface area contributed by atoms with Crippen molar-refractivity contribution in [2.24, 2.45) is 0 Å². The molecule has 0 aliphatic heterocycles. The lowest BCUT2D eigenvalue weighted by atomic mass is 10.2. The quantitative estimate of drug-likeness (QED) is 0.494. The Morgan fingerprint density at radius 1 is 1.00 bits per heavy atom. The third-order valence-electron chi connectivity index (χ3n) is 4.09. The van der Waals surface area contributed by atoms with Crippen molar-refractivity contribution in [1.82, 2.24) is 5.32 Å². The Hall–Kier alpha value is -2.97. The molecule has 0 saturated carbocycles. The first-order chi connectivity index (χ1) is 14.3. The van der Waals surface area contributed by atoms with Gasteiger partial charge in [0.05, 0.1) is 5.41 Å². The van der Waals surface area contributed by atoms with Gasteiger partial charge in [0.1, 0.15) is 5.82 Å². The predicted molar refractivity (Wildman–Crippen MR) is 120 cm³/mol. The van der Waals surface area contributed by atoms with Crippen molar-refractivity contribution in [3.8, 4) is 0 Å². The molecular weight excluding hydrogens is 471 g/mol. The molecule has 8 heteroatoms. The summed E-state index contributed by atoms with van der Waals surface area (Å²) in [5.74, 6) is -0.745. The summed E-state index contributed by atoms with van der Waals surface area (Å²) in [6, 6.07) is 19.3. The van der Waals surface area contributed by atoms with Crippen molar-refractivity contribution in [2.75, 3.05) is 4.72 Å². The van der Waals surface area contributed by atoms with E-state index in [1.54, 1.807) is 18.2 Å². The van der Waals surface area contributed by atoms with Gasteiger partial charge in [-0.1, -0.05) is 46.3 Å². The van der Waals surface area contributed by atoms with Gasteiger partial charge in [-0.2, -0.15) is 0 Å². The molecule has 0 atom stereocenters. The third-order valence-corrected chi connectivity index (χ3v) is 5.88. The molecule has 3 aromatic carbocycles. The average molecular weight is 489 g/mol. The van der Waals surface area contributed by atoms with E-state index in [0.29, 0.717) is 21.3 Å². The van der Waals surface area contributed by atoms with Gasteiger partial charge in [0.25, 0.3) is 15.9 Å². The van der Waals surface area contributed by atoms with E-state index in [-0.39, 0.29) is 18.3 Å². The van der Waals surface area contributed by atoms with E-state index in [0.717, 1.165) is 11.0 Å². The van der Waals surface area contributed by atoms with Crippen LogP contribution in [-0.4, -0.2) is 14.3 Å². The molecule has 0 aliphatic carbocycles. The number of halogens is 2. The number of anilines is 1. The van der Waals surface area contributed by atoms with Crippen LogP contribution in [-0.2, 0) is 16.6 Å². The van der Waals surface area contributed by atoms with Crippen LogP contribution in [0.15, 0.2) is 82.7 Å². The molecule has 0 heterocycles. The Labute approximate surface area is 182 Å². The zero-order valence-electron chi connectivity index (χ0n) is 15.7. The van der Waals surface area contributed by atoms with Crippen LogP contribution in [0.25, 0.3) is 6.08 Å². The Morgan fingerprint density at radius 2 is 1.70 bits per heavy atom. The highest BCUT2D eigenvalue weighted by Gasteiger charge is 2.10. The van der Waals surface area contributed by atoms with E-state index in [1.807, 2.05) is 18.2 Å². The number of hydrogen-bond acceptors (Lipinski definition) is 3. The number of hydrogen-bond donors (Lipinski definition) is 2. The van der Waals surface area contributed by atoms with Gasteiger partial charge in [0.15, 0.2) is 0 Å². The first kappa shape index (κ1) is 21.7. The predicted octanol–water partition coefficient (Wildman–Crippen LogP) is 4.93.